The molecule has 2 rings (SSSR count). The summed E-state index contributed by atoms with van der Waals surface area (Å²) >= 11 is 0. The molecule has 2 aliphatic rings. The van der Waals surface area contributed by atoms with Gasteiger partial charge < -0.3 is 18.9 Å². The zero-order valence-electron chi connectivity index (χ0n) is 7.41. The summed E-state index contributed by atoms with van der Waals surface area (Å²) in [6, 6.07) is 0. The third kappa shape index (κ3) is 1.61. The van der Waals surface area contributed by atoms with Crippen LogP contribution in [0, 0.1) is 0 Å². The lowest BCUT2D eigenvalue weighted by Crippen LogP contribution is -2.31. The molecule has 0 amide bonds. The van der Waals surface area contributed by atoms with Crippen molar-refractivity contribution in [2.24, 2.45) is 0 Å². The summed E-state index contributed by atoms with van der Waals surface area (Å²) in [5.74, 6) is -0.486. The molecule has 0 bridgehead atoms. The van der Waals surface area contributed by atoms with Gasteiger partial charge in [0.25, 0.3) is 0 Å². The molecule has 0 aromatic heterocycles. The summed E-state index contributed by atoms with van der Waals surface area (Å²) in [5, 5.41) is 0. The van der Waals surface area contributed by atoms with Gasteiger partial charge in [0.05, 0.1) is 19.8 Å². The smallest absolute Gasteiger partial charge is 0.186 e. The standard InChI is InChI=1S/C8H14O4/c1-8(2)11-5-6(12-8)7-9-3-4-10-7/h6-7H,3-5H2,1-2H3. The molecular weight excluding hydrogens is 160 g/mol. The minimum absolute atomic E-state index is 0.0671. The number of hydrogen-bond donors (Lipinski definition) is 0. The maximum atomic E-state index is 5.56. The van der Waals surface area contributed by atoms with Gasteiger partial charge in [-0.1, -0.05) is 0 Å². The maximum absolute atomic E-state index is 5.56. The molecule has 0 aromatic carbocycles. The largest absolute Gasteiger partial charge is 0.348 e. The molecule has 70 valence electrons. The second-order valence-electron chi connectivity index (χ2n) is 3.48. The van der Waals surface area contributed by atoms with Crippen molar-refractivity contribution in [3.8, 4) is 0 Å². The molecule has 0 radical (unpaired) electrons. The van der Waals surface area contributed by atoms with Gasteiger partial charge in [0.15, 0.2) is 12.1 Å². The molecule has 2 saturated heterocycles. The van der Waals surface area contributed by atoms with Crippen molar-refractivity contribution in [3.05, 3.63) is 0 Å². The first-order chi connectivity index (χ1) is 5.67. The summed E-state index contributed by atoms with van der Waals surface area (Å²) in [7, 11) is 0. The topological polar surface area (TPSA) is 36.9 Å². The van der Waals surface area contributed by atoms with E-state index < -0.39 is 5.79 Å². The van der Waals surface area contributed by atoms with E-state index >= 15 is 0 Å². The lowest BCUT2D eigenvalue weighted by Gasteiger charge is -2.19. The minimum Gasteiger partial charge on any atom is -0.348 e. The maximum Gasteiger partial charge on any atom is 0.186 e. The fraction of sp³-hybridized carbons (Fsp3) is 1.00. The van der Waals surface area contributed by atoms with E-state index in [4.69, 9.17) is 18.9 Å². The Morgan fingerprint density at radius 1 is 1.17 bits per heavy atom. The molecule has 2 aliphatic heterocycles. The highest BCUT2D eigenvalue weighted by molar-refractivity contribution is 4.75. The molecule has 0 aliphatic carbocycles. The van der Waals surface area contributed by atoms with E-state index in [-0.39, 0.29) is 12.4 Å². The van der Waals surface area contributed by atoms with Crippen LogP contribution < -0.4 is 0 Å². The van der Waals surface area contributed by atoms with E-state index in [0.717, 1.165) is 0 Å². The Balaban J connectivity index is 1.90. The lowest BCUT2D eigenvalue weighted by molar-refractivity contribution is -0.181. The van der Waals surface area contributed by atoms with Crippen LogP contribution in [0.3, 0.4) is 0 Å². The van der Waals surface area contributed by atoms with E-state index in [2.05, 4.69) is 0 Å². The van der Waals surface area contributed by atoms with Crippen molar-refractivity contribution >= 4 is 0 Å². The lowest BCUT2D eigenvalue weighted by atomic mass is 10.3. The van der Waals surface area contributed by atoms with Gasteiger partial charge in [-0.25, -0.2) is 0 Å². The van der Waals surface area contributed by atoms with Crippen molar-refractivity contribution < 1.29 is 18.9 Å². The van der Waals surface area contributed by atoms with Crippen molar-refractivity contribution in [2.75, 3.05) is 19.8 Å². The van der Waals surface area contributed by atoms with Crippen molar-refractivity contribution in [1.82, 2.24) is 0 Å². The third-order valence-corrected chi connectivity index (χ3v) is 1.98. The molecule has 0 N–H and O–H groups in total. The van der Waals surface area contributed by atoms with E-state index in [0.29, 0.717) is 19.8 Å². The Labute approximate surface area is 71.7 Å². The van der Waals surface area contributed by atoms with Crippen LogP contribution in [-0.2, 0) is 18.9 Å². The first kappa shape index (κ1) is 8.44. The van der Waals surface area contributed by atoms with Gasteiger partial charge in [0, 0.05) is 0 Å². The molecule has 0 aromatic rings. The van der Waals surface area contributed by atoms with Crippen molar-refractivity contribution in [1.29, 1.82) is 0 Å². The van der Waals surface area contributed by atoms with Gasteiger partial charge in [-0.05, 0) is 13.8 Å². The molecular formula is C8H14O4. The molecule has 4 heteroatoms. The zero-order chi connectivity index (χ0) is 8.60. The van der Waals surface area contributed by atoms with Gasteiger partial charge in [0.1, 0.15) is 6.10 Å². The molecule has 12 heavy (non-hydrogen) atoms. The summed E-state index contributed by atoms with van der Waals surface area (Å²) in [4.78, 5) is 0. The summed E-state index contributed by atoms with van der Waals surface area (Å²) in [5.41, 5.74) is 0. The molecule has 1 atom stereocenters. The van der Waals surface area contributed by atoms with E-state index in [1.807, 2.05) is 13.8 Å². The predicted octanol–water partition coefficient (Wildman–Crippen LogP) is 0.511. The summed E-state index contributed by atoms with van der Waals surface area (Å²) in [6.45, 7) is 5.65. The SMILES string of the molecule is CC1(C)OCC(C2OCCO2)O1. The number of rotatable bonds is 1. The Kier molecular flexibility index (Phi) is 2.08. The Hall–Kier alpha value is -0.160. The Morgan fingerprint density at radius 3 is 2.33 bits per heavy atom. The fourth-order valence-corrected chi connectivity index (χ4v) is 1.44. The van der Waals surface area contributed by atoms with Crippen LogP contribution >= 0.6 is 0 Å². The van der Waals surface area contributed by atoms with Crippen molar-refractivity contribution in [3.63, 3.8) is 0 Å². The highest BCUT2D eigenvalue weighted by atomic mass is 16.8. The van der Waals surface area contributed by atoms with Gasteiger partial charge in [-0.2, -0.15) is 0 Å². The van der Waals surface area contributed by atoms with Crippen LogP contribution in [-0.4, -0.2) is 38.0 Å². The predicted molar refractivity (Wildman–Crippen MR) is 40.6 cm³/mol. The van der Waals surface area contributed by atoms with Crippen LogP contribution in [0.2, 0.25) is 0 Å². The molecule has 1 unspecified atom stereocenters. The average Bonchev–Trinajstić information content (AvgIpc) is 2.55. The van der Waals surface area contributed by atoms with Gasteiger partial charge in [0.2, 0.25) is 0 Å². The highest BCUT2D eigenvalue weighted by Crippen LogP contribution is 2.26. The molecule has 2 heterocycles. The summed E-state index contributed by atoms with van der Waals surface area (Å²) in [6.07, 6.45) is -0.297. The zero-order valence-corrected chi connectivity index (χ0v) is 7.41. The summed E-state index contributed by atoms with van der Waals surface area (Å²) < 4.78 is 21.5. The van der Waals surface area contributed by atoms with Gasteiger partial charge in [-0.15, -0.1) is 0 Å². The molecule has 0 saturated carbocycles. The first-order valence-corrected chi connectivity index (χ1v) is 4.22. The quantitative estimate of drug-likeness (QED) is 0.580. The third-order valence-electron chi connectivity index (χ3n) is 1.98. The van der Waals surface area contributed by atoms with E-state index in [1.165, 1.54) is 0 Å². The second kappa shape index (κ2) is 2.96. The normalized spacial score (nSPS) is 36.0. The first-order valence-electron chi connectivity index (χ1n) is 4.22. The molecule has 4 nitrogen and oxygen atoms in total. The van der Waals surface area contributed by atoms with Crippen molar-refractivity contribution in [2.45, 2.75) is 32.0 Å². The van der Waals surface area contributed by atoms with E-state index in [9.17, 15) is 0 Å². The Bertz CT molecular complexity index is 162. The van der Waals surface area contributed by atoms with Crippen LogP contribution in [0.15, 0.2) is 0 Å². The van der Waals surface area contributed by atoms with E-state index in [1.54, 1.807) is 0 Å². The van der Waals surface area contributed by atoms with Crippen LogP contribution in [0.5, 0.6) is 0 Å². The number of hydrogen-bond acceptors (Lipinski definition) is 4. The second-order valence-corrected chi connectivity index (χ2v) is 3.48. The molecule has 0 spiro atoms. The van der Waals surface area contributed by atoms with Gasteiger partial charge >= 0.3 is 0 Å². The van der Waals surface area contributed by atoms with Gasteiger partial charge in [-0.3, -0.25) is 0 Å². The van der Waals surface area contributed by atoms with Crippen LogP contribution in [0.25, 0.3) is 0 Å². The average molecular weight is 174 g/mol. The monoisotopic (exact) mass is 174 g/mol. The number of ether oxygens (including phenoxy) is 4. The molecule has 2 fully saturated rings. The van der Waals surface area contributed by atoms with Crippen LogP contribution in [0.4, 0.5) is 0 Å². The highest BCUT2D eigenvalue weighted by Gasteiger charge is 2.39. The van der Waals surface area contributed by atoms with Crippen LogP contribution in [0.1, 0.15) is 13.8 Å². The minimum atomic E-state index is -0.486. The fourth-order valence-electron chi connectivity index (χ4n) is 1.44. The Morgan fingerprint density at radius 2 is 1.83 bits per heavy atom.